The van der Waals surface area contributed by atoms with Crippen LogP contribution in [0.3, 0.4) is 0 Å². The van der Waals surface area contributed by atoms with Crippen molar-refractivity contribution in [2.45, 2.75) is 117 Å². The third kappa shape index (κ3) is 13.4. The number of hydrogen-bond acceptors (Lipinski definition) is 7. The summed E-state index contributed by atoms with van der Waals surface area (Å²) >= 11 is 0. The molecule has 0 aliphatic carbocycles. The van der Waals surface area contributed by atoms with Crippen LogP contribution in [0.2, 0.25) is 0 Å². The van der Waals surface area contributed by atoms with Crippen LogP contribution in [0.1, 0.15) is 111 Å². The molecule has 0 N–H and O–H groups in total. The van der Waals surface area contributed by atoms with Gasteiger partial charge in [0.15, 0.2) is 0 Å². The number of esters is 2. The van der Waals surface area contributed by atoms with Crippen molar-refractivity contribution < 1.29 is 32.0 Å². The molecule has 0 amide bonds. The van der Waals surface area contributed by atoms with Crippen molar-refractivity contribution in [1.82, 2.24) is 0 Å². The number of hydrogen-bond donors (Lipinski definition) is 0. The summed E-state index contributed by atoms with van der Waals surface area (Å²) in [7, 11) is -3.48. The number of ether oxygens (including phenoxy) is 1. The minimum atomic E-state index is -3.48. The standard InChI is InChI=1S/C23H44O7Si/c1-4-7-10-13-16-26-31(27-17-14-11-8-5-2,28-18-15-12-9-6-3)30-21-19-22(24)29-23(25)20-21/h21H,4-20H2,1-3H3. The average Bonchev–Trinajstić information content (AvgIpc) is 2.72. The van der Waals surface area contributed by atoms with E-state index in [-0.39, 0.29) is 12.8 Å². The molecule has 0 saturated carbocycles. The van der Waals surface area contributed by atoms with Gasteiger partial charge >= 0.3 is 21.0 Å². The predicted octanol–water partition coefficient (Wildman–Crippen LogP) is 5.46. The third-order valence-corrected chi connectivity index (χ3v) is 7.45. The molecule has 1 heterocycles. The summed E-state index contributed by atoms with van der Waals surface area (Å²) in [5.41, 5.74) is 0. The van der Waals surface area contributed by atoms with Crippen LogP contribution in [0.5, 0.6) is 0 Å². The second-order valence-electron chi connectivity index (χ2n) is 8.22. The van der Waals surface area contributed by atoms with Crippen LogP contribution in [0.25, 0.3) is 0 Å². The molecular weight excluding hydrogens is 416 g/mol. The van der Waals surface area contributed by atoms with Gasteiger partial charge in [0, 0.05) is 19.8 Å². The first kappa shape index (κ1) is 28.2. The van der Waals surface area contributed by atoms with Gasteiger partial charge in [-0.2, -0.15) is 0 Å². The molecule has 0 unspecified atom stereocenters. The maximum atomic E-state index is 11.7. The fourth-order valence-corrected chi connectivity index (χ4v) is 5.56. The van der Waals surface area contributed by atoms with Crippen LogP contribution in [0, 0.1) is 0 Å². The van der Waals surface area contributed by atoms with Crippen LogP contribution in [0.4, 0.5) is 0 Å². The molecule has 1 aliphatic rings. The molecule has 1 fully saturated rings. The predicted molar refractivity (Wildman–Crippen MR) is 121 cm³/mol. The van der Waals surface area contributed by atoms with Gasteiger partial charge in [0.1, 0.15) is 0 Å². The van der Waals surface area contributed by atoms with Crippen LogP contribution in [0.15, 0.2) is 0 Å². The van der Waals surface area contributed by atoms with Gasteiger partial charge in [-0.15, -0.1) is 0 Å². The topological polar surface area (TPSA) is 80.3 Å². The van der Waals surface area contributed by atoms with E-state index in [1.807, 2.05) is 0 Å². The molecule has 31 heavy (non-hydrogen) atoms. The Morgan fingerprint density at radius 1 is 0.677 bits per heavy atom. The Bertz CT molecular complexity index is 435. The lowest BCUT2D eigenvalue weighted by Gasteiger charge is -2.32. The van der Waals surface area contributed by atoms with Crippen LogP contribution < -0.4 is 0 Å². The molecular formula is C23H44O7Si. The summed E-state index contributed by atoms with van der Waals surface area (Å²) in [5, 5.41) is 0. The second-order valence-corrected chi connectivity index (χ2v) is 10.3. The molecule has 0 aromatic heterocycles. The lowest BCUT2D eigenvalue weighted by molar-refractivity contribution is -0.169. The summed E-state index contributed by atoms with van der Waals surface area (Å²) in [4.78, 5) is 23.5. The summed E-state index contributed by atoms with van der Waals surface area (Å²) in [5.74, 6) is -1.14. The lowest BCUT2D eigenvalue weighted by atomic mass is 10.1. The normalized spacial score (nSPS) is 15.5. The minimum Gasteiger partial charge on any atom is -0.393 e. The summed E-state index contributed by atoms with van der Waals surface area (Å²) in [6, 6.07) is 0. The lowest BCUT2D eigenvalue weighted by Crippen LogP contribution is -2.53. The smallest absolute Gasteiger partial charge is 0.393 e. The van der Waals surface area contributed by atoms with Crippen molar-refractivity contribution in [3.63, 3.8) is 0 Å². The number of carbonyl (C=O) groups is 2. The van der Waals surface area contributed by atoms with Gasteiger partial charge in [0.25, 0.3) is 0 Å². The molecule has 0 aromatic rings. The number of unbranched alkanes of at least 4 members (excludes halogenated alkanes) is 9. The number of rotatable bonds is 20. The van der Waals surface area contributed by atoms with Gasteiger partial charge in [-0.05, 0) is 19.3 Å². The summed E-state index contributed by atoms with van der Waals surface area (Å²) in [6.45, 7) is 7.97. The van der Waals surface area contributed by atoms with E-state index in [0.29, 0.717) is 19.8 Å². The zero-order valence-corrected chi connectivity index (χ0v) is 21.0. The Kier molecular flexibility index (Phi) is 16.1. The van der Waals surface area contributed by atoms with E-state index in [0.717, 1.165) is 77.0 Å². The third-order valence-electron chi connectivity index (χ3n) is 5.16. The van der Waals surface area contributed by atoms with Gasteiger partial charge in [0.2, 0.25) is 0 Å². The highest BCUT2D eigenvalue weighted by atomic mass is 28.4. The van der Waals surface area contributed by atoms with Gasteiger partial charge in [-0.1, -0.05) is 78.6 Å². The Labute approximate surface area is 190 Å². The van der Waals surface area contributed by atoms with E-state index >= 15 is 0 Å². The molecule has 0 spiro atoms. The SMILES string of the molecule is CCCCCCO[Si](OCCCCCC)(OCCCCCC)OC1CC(=O)OC(=O)C1. The molecule has 8 heteroatoms. The molecule has 1 saturated heterocycles. The summed E-state index contributed by atoms with van der Waals surface area (Å²) < 4.78 is 29.3. The Balaban J connectivity index is 2.79. The van der Waals surface area contributed by atoms with E-state index in [9.17, 15) is 9.59 Å². The van der Waals surface area contributed by atoms with Crippen LogP contribution in [-0.4, -0.2) is 46.9 Å². The molecule has 1 aliphatic heterocycles. The highest BCUT2D eigenvalue weighted by Gasteiger charge is 2.49. The highest BCUT2D eigenvalue weighted by Crippen LogP contribution is 2.23. The summed E-state index contributed by atoms with van der Waals surface area (Å²) in [6.07, 6.45) is 12.2. The Hall–Kier alpha value is -0.803. The average molecular weight is 461 g/mol. The maximum Gasteiger partial charge on any atom is 0.679 e. The zero-order valence-electron chi connectivity index (χ0n) is 20.0. The molecule has 182 valence electrons. The van der Waals surface area contributed by atoms with Crippen LogP contribution >= 0.6 is 0 Å². The van der Waals surface area contributed by atoms with E-state index in [1.165, 1.54) is 0 Å². The molecule has 0 bridgehead atoms. The monoisotopic (exact) mass is 460 g/mol. The fourth-order valence-electron chi connectivity index (χ4n) is 3.35. The minimum absolute atomic E-state index is 0.0120. The fraction of sp³-hybridized carbons (Fsp3) is 0.913. The van der Waals surface area contributed by atoms with Crippen LogP contribution in [-0.2, 0) is 32.0 Å². The van der Waals surface area contributed by atoms with Crippen molar-refractivity contribution in [2.75, 3.05) is 19.8 Å². The Morgan fingerprint density at radius 2 is 1.06 bits per heavy atom. The molecule has 1 rings (SSSR count). The number of cyclic esters (lactones) is 2. The maximum absolute atomic E-state index is 11.7. The molecule has 0 atom stereocenters. The van der Waals surface area contributed by atoms with E-state index < -0.39 is 27.1 Å². The van der Waals surface area contributed by atoms with Gasteiger partial charge in [-0.25, -0.2) is 0 Å². The van der Waals surface area contributed by atoms with Crippen molar-refractivity contribution in [3.8, 4) is 0 Å². The first-order chi connectivity index (χ1) is 15.0. The molecule has 0 radical (unpaired) electrons. The first-order valence-corrected chi connectivity index (χ1v) is 14.0. The first-order valence-electron chi connectivity index (χ1n) is 12.4. The second kappa shape index (κ2) is 17.7. The van der Waals surface area contributed by atoms with E-state index in [1.54, 1.807) is 0 Å². The van der Waals surface area contributed by atoms with Gasteiger partial charge < -0.3 is 22.4 Å². The van der Waals surface area contributed by atoms with Crippen molar-refractivity contribution in [2.24, 2.45) is 0 Å². The molecule has 7 nitrogen and oxygen atoms in total. The quantitative estimate of drug-likeness (QED) is 0.103. The van der Waals surface area contributed by atoms with Crippen molar-refractivity contribution in [3.05, 3.63) is 0 Å². The van der Waals surface area contributed by atoms with Crippen molar-refractivity contribution >= 4 is 21.0 Å². The van der Waals surface area contributed by atoms with E-state index in [2.05, 4.69) is 25.5 Å². The zero-order chi connectivity index (χ0) is 22.8. The number of carbonyl (C=O) groups excluding carboxylic acids is 2. The highest BCUT2D eigenvalue weighted by molar-refractivity contribution is 6.53. The van der Waals surface area contributed by atoms with Crippen molar-refractivity contribution in [1.29, 1.82) is 0 Å². The van der Waals surface area contributed by atoms with Gasteiger partial charge in [-0.3, -0.25) is 9.59 Å². The van der Waals surface area contributed by atoms with Gasteiger partial charge in [0.05, 0.1) is 18.9 Å². The largest absolute Gasteiger partial charge is 0.679 e. The van der Waals surface area contributed by atoms with E-state index in [4.69, 9.17) is 17.7 Å². The Morgan fingerprint density at radius 3 is 1.42 bits per heavy atom. The molecule has 0 aromatic carbocycles.